The molecular weight excluding hydrogens is 651 g/mol. The van der Waals surface area contributed by atoms with E-state index in [1.165, 1.54) is 72.3 Å². The molecule has 258 valence electrons. The standard InChI is InChI=1S/C53H41N/c1-36-32-39(53(38-20-8-5-9-21-38)48-27-15-11-24-44(48)45-25-12-16-28-49(45)53)34-41(33-36)54(51-29-17-13-22-42(51)37-18-6-4-7-19-37)40-30-31-46-43-23-10-14-26-47(43)52(2,3)50(46)35-40/h4-35H,1-3H3. The normalized spacial score (nSPS) is 14.1. The summed E-state index contributed by atoms with van der Waals surface area (Å²) in [5.41, 5.74) is 19.6. The summed E-state index contributed by atoms with van der Waals surface area (Å²) in [6.07, 6.45) is 0. The maximum Gasteiger partial charge on any atom is 0.0714 e. The molecule has 0 aromatic heterocycles. The zero-order chi connectivity index (χ0) is 36.4. The number of nitrogens with zero attached hydrogens (tertiary/aromatic N) is 1. The van der Waals surface area contributed by atoms with Crippen molar-refractivity contribution in [2.75, 3.05) is 4.90 Å². The van der Waals surface area contributed by atoms with Gasteiger partial charge in [0, 0.05) is 22.4 Å². The van der Waals surface area contributed by atoms with Gasteiger partial charge in [-0.3, -0.25) is 0 Å². The second kappa shape index (κ2) is 12.3. The number of anilines is 3. The van der Waals surface area contributed by atoms with Crippen LogP contribution in [0.1, 0.15) is 52.8 Å². The SMILES string of the molecule is Cc1cc(N(c2ccc3c(c2)C(C)(C)c2ccccc2-3)c2ccccc2-c2ccccc2)cc(C2(c3ccccc3)c3ccccc3-c3ccccc32)c1. The van der Waals surface area contributed by atoms with E-state index in [2.05, 4.69) is 220 Å². The predicted molar refractivity (Wildman–Crippen MR) is 226 cm³/mol. The van der Waals surface area contributed by atoms with E-state index in [-0.39, 0.29) is 5.41 Å². The highest BCUT2D eigenvalue weighted by Crippen LogP contribution is 2.57. The van der Waals surface area contributed by atoms with E-state index in [9.17, 15) is 0 Å². The fourth-order valence-electron chi connectivity index (χ4n) is 9.61. The molecule has 0 N–H and O–H groups in total. The van der Waals surface area contributed by atoms with Gasteiger partial charge in [-0.2, -0.15) is 0 Å². The lowest BCUT2D eigenvalue weighted by Gasteiger charge is -2.36. The molecule has 0 bridgehead atoms. The highest BCUT2D eigenvalue weighted by atomic mass is 15.1. The molecule has 0 saturated carbocycles. The molecule has 10 rings (SSSR count). The molecular formula is C53H41N. The van der Waals surface area contributed by atoms with Crippen LogP contribution in [0, 0.1) is 6.92 Å². The lowest BCUT2D eigenvalue weighted by atomic mass is 9.67. The van der Waals surface area contributed by atoms with E-state index in [1.54, 1.807) is 0 Å². The zero-order valence-corrected chi connectivity index (χ0v) is 30.9. The van der Waals surface area contributed by atoms with E-state index in [0.29, 0.717) is 0 Å². The Morgan fingerprint density at radius 3 is 1.56 bits per heavy atom. The van der Waals surface area contributed by atoms with Crippen LogP contribution >= 0.6 is 0 Å². The molecule has 1 heteroatoms. The lowest BCUT2D eigenvalue weighted by molar-refractivity contribution is 0.660. The monoisotopic (exact) mass is 691 g/mol. The third-order valence-corrected chi connectivity index (χ3v) is 12.0. The fraction of sp³-hybridized carbons (Fsp3) is 0.0943. The number of hydrogen-bond donors (Lipinski definition) is 0. The molecule has 8 aromatic carbocycles. The van der Waals surface area contributed by atoms with Gasteiger partial charge in [0.2, 0.25) is 0 Å². The largest absolute Gasteiger partial charge is 0.310 e. The summed E-state index contributed by atoms with van der Waals surface area (Å²) in [7, 11) is 0. The average Bonchev–Trinajstić information content (AvgIpc) is 3.65. The van der Waals surface area contributed by atoms with E-state index in [1.807, 2.05) is 0 Å². The van der Waals surface area contributed by atoms with Gasteiger partial charge in [0.1, 0.15) is 0 Å². The minimum atomic E-state index is -0.499. The Morgan fingerprint density at radius 2 is 0.889 bits per heavy atom. The third kappa shape index (κ3) is 4.71. The molecule has 54 heavy (non-hydrogen) atoms. The summed E-state index contributed by atoms with van der Waals surface area (Å²) < 4.78 is 0. The van der Waals surface area contributed by atoms with Gasteiger partial charge < -0.3 is 4.90 Å². The molecule has 0 amide bonds. The molecule has 0 saturated heterocycles. The van der Waals surface area contributed by atoms with Crippen molar-refractivity contribution in [3.05, 3.63) is 233 Å². The lowest BCUT2D eigenvalue weighted by Crippen LogP contribution is -2.29. The van der Waals surface area contributed by atoms with Gasteiger partial charge >= 0.3 is 0 Å². The maximum absolute atomic E-state index is 2.50. The molecule has 0 unspecified atom stereocenters. The smallest absolute Gasteiger partial charge is 0.0714 e. The van der Waals surface area contributed by atoms with Gasteiger partial charge in [0.05, 0.1) is 11.1 Å². The number of hydrogen-bond acceptors (Lipinski definition) is 1. The highest BCUT2D eigenvalue weighted by molar-refractivity contribution is 5.92. The Labute approximate surface area is 318 Å². The van der Waals surface area contributed by atoms with Gasteiger partial charge in [-0.05, 0) is 104 Å². The minimum Gasteiger partial charge on any atom is -0.310 e. The van der Waals surface area contributed by atoms with Crippen LogP contribution in [-0.2, 0) is 10.8 Å². The van der Waals surface area contributed by atoms with E-state index in [0.717, 1.165) is 17.1 Å². The average molecular weight is 692 g/mol. The Morgan fingerprint density at radius 1 is 0.370 bits per heavy atom. The van der Waals surface area contributed by atoms with Gasteiger partial charge in [0.15, 0.2) is 0 Å². The summed E-state index contributed by atoms with van der Waals surface area (Å²) >= 11 is 0. The summed E-state index contributed by atoms with van der Waals surface area (Å²) in [6, 6.07) is 72.1. The second-order valence-electron chi connectivity index (χ2n) is 15.4. The molecule has 2 aliphatic carbocycles. The van der Waals surface area contributed by atoms with Crippen molar-refractivity contribution >= 4 is 17.1 Å². The van der Waals surface area contributed by atoms with Crippen molar-refractivity contribution in [2.45, 2.75) is 31.6 Å². The van der Waals surface area contributed by atoms with Gasteiger partial charge in [0.25, 0.3) is 0 Å². The summed E-state index contributed by atoms with van der Waals surface area (Å²) in [4.78, 5) is 2.50. The van der Waals surface area contributed by atoms with Crippen molar-refractivity contribution in [3.63, 3.8) is 0 Å². The Hall–Kier alpha value is -6.44. The Balaban J connectivity index is 1.26. The first-order chi connectivity index (χ1) is 26.5. The number of fused-ring (bicyclic) bond motifs is 6. The first kappa shape index (κ1) is 32.2. The molecule has 0 radical (unpaired) electrons. The zero-order valence-electron chi connectivity index (χ0n) is 30.9. The van der Waals surface area contributed by atoms with Crippen LogP contribution in [-0.4, -0.2) is 0 Å². The molecule has 0 fully saturated rings. The van der Waals surface area contributed by atoms with Crippen molar-refractivity contribution in [2.24, 2.45) is 0 Å². The molecule has 0 aliphatic heterocycles. The molecule has 0 heterocycles. The number of aryl methyl sites for hydroxylation is 1. The van der Waals surface area contributed by atoms with E-state index < -0.39 is 5.41 Å². The Kier molecular flexibility index (Phi) is 7.35. The van der Waals surface area contributed by atoms with Crippen LogP contribution in [0.4, 0.5) is 17.1 Å². The first-order valence-corrected chi connectivity index (χ1v) is 19.0. The van der Waals surface area contributed by atoms with Crippen molar-refractivity contribution in [3.8, 4) is 33.4 Å². The van der Waals surface area contributed by atoms with E-state index >= 15 is 0 Å². The molecule has 8 aromatic rings. The Bertz CT molecular complexity index is 2660. The highest BCUT2D eigenvalue weighted by Gasteiger charge is 2.46. The van der Waals surface area contributed by atoms with Crippen LogP contribution in [0.5, 0.6) is 0 Å². The molecule has 0 atom stereocenters. The van der Waals surface area contributed by atoms with Gasteiger partial charge in [-0.25, -0.2) is 0 Å². The quantitative estimate of drug-likeness (QED) is 0.168. The third-order valence-electron chi connectivity index (χ3n) is 12.0. The first-order valence-electron chi connectivity index (χ1n) is 19.0. The molecule has 0 spiro atoms. The van der Waals surface area contributed by atoms with Crippen molar-refractivity contribution < 1.29 is 0 Å². The summed E-state index contributed by atoms with van der Waals surface area (Å²) in [6.45, 7) is 6.99. The number of benzene rings is 8. The van der Waals surface area contributed by atoms with Crippen LogP contribution < -0.4 is 4.90 Å². The molecule has 2 aliphatic rings. The van der Waals surface area contributed by atoms with Gasteiger partial charge in [-0.15, -0.1) is 0 Å². The van der Waals surface area contributed by atoms with Crippen molar-refractivity contribution in [1.82, 2.24) is 0 Å². The van der Waals surface area contributed by atoms with Crippen LogP contribution in [0.15, 0.2) is 194 Å². The van der Waals surface area contributed by atoms with Crippen molar-refractivity contribution in [1.29, 1.82) is 0 Å². The number of para-hydroxylation sites is 1. The fourth-order valence-corrected chi connectivity index (χ4v) is 9.61. The van der Waals surface area contributed by atoms with Crippen LogP contribution in [0.3, 0.4) is 0 Å². The second-order valence-corrected chi connectivity index (χ2v) is 15.4. The van der Waals surface area contributed by atoms with Crippen LogP contribution in [0.2, 0.25) is 0 Å². The van der Waals surface area contributed by atoms with Crippen LogP contribution in [0.25, 0.3) is 33.4 Å². The molecule has 1 nitrogen and oxygen atoms in total. The minimum absolute atomic E-state index is 0.126. The van der Waals surface area contributed by atoms with Gasteiger partial charge in [-0.1, -0.05) is 178 Å². The van der Waals surface area contributed by atoms with E-state index in [4.69, 9.17) is 0 Å². The summed E-state index contributed by atoms with van der Waals surface area (Å²) in [5.74, 6) is 0. The summed E-state index contributed by atoms with van der Waals surface area (Å²) in [5, 5.41) is 0. The topological polar surface area (TPSA) is 3.24 Å². The number of rotatable bonds is 6. The maximum atomic E-state index is 2.50. The predicted octanol–water partition coefficient (Wildman–Crippen LogP) is 13.8.